The van der Waals surface area contributed by atoms with Crippen molar-refractivity contribution in [2.45, 2.75) is 6.04 Å². The smallest absolute Gasteiger partial charge is 0.254 e. The number of amides is 1. The second-order valence-electron chi connectivity index (χ2n) is 4.69. The first kappa shape index (κ1) is 12.2. The van der Waals surface area contributed by atoms with Gasteiger partial charge in [-0.1, -0.05) is 0 Å². The van der Waals surface area contributed by atoms with Gasteiger partial charge in [-0.3, -0.25) is 4.79 Å². The van der Waals surface area contributed by atoms with Gasteiger partial charge in [0.05, 0.1) is 25.9 Å². The first-order valence-corrected chi connectivity index (χ1v) is 6.36. The average molecular weight is 260 g/mol. The van der Waals surface area contributed by atoms with Crippen LogP contribution in [0.2, 0.25) is 0 Å². The van der Waals surface area contributed by atoms with E-state index in [-0.39, 0.29) is 18.6 Å². The van der Waals surface area contributed by atoms with Gasteiger partial charge >= 0.3 is 0 Å². The van der Waals surface area contributed by atoms with Gasteiger partial charge in [0.25, 0.3) is 5.91 Å². The Bertz CT molecular complexity index is 593. The van der Waals surface area contributed by atoms with E-state index in [4.69, 9.17) is 4.74 Å². The molecule has 19 heavy (non-hydrogen) atoms. The van der Waals surface area contributed by atoms with Gasteiger partial charge in [0.15, 0.2) is 0 Å². The third-order valence-electron chi connectivity index (χ3n) is 3.50. The molecule has 0 spiro atoms. The molecule has 1 unspecified atom stereocenters. The molecule has 0 aliphatic carbocycles. The van der Waals surface area contributed by atoms with Crippen molar-refractivity contribution in [1.29, 1.82) is 0 Å². The van der Waals surface area contributed by atoms with Gasteiger partial charge in [0, 0.05) is 29.2 Å². The lowest BCUT2D eigenvalue weighted by atomic mass is 10.1. The fourth-order valence-electron chi connectivity index (χ4n) is 2.43. The van der Waals surface area contributed by atoms with Crippen molar-refractivity contribution in [2.24, 2.45) is 0 Å². The first-order chi connectivity index (χ1) is 9.29. The Morgan fingerprint density at radius 1 is 1.47 bits per heavy atom. The van der Waals surface area contributed by atoms with E-state index >= 15 is 0 Å². The molecule has 1 aromatic heterocycles. The number of carbonyl (C=O) groups excluding carboxylic acids is 1. The van der Waals surface area contributed by atoms with E-state index in [2.05, 4.69) is 4.98 Å². The van der Waals surface area contributed by atoms with Crippen LogP contribution in [0.3, 0.4) is 0 Å². The number of aliphatic hydroxyl groups is 1. The fourth-order valence-corrected chi connectivity index (χ4v) is 2.43. The van der Waals surface area contributed by atoms with Crippen LogP contribution in [-0.4, -0.2) is 53.3 Å². The summed E-state index contributed by atoms with van der Waals surface area (Å²) in [5.74, 6) is -0.0505. The molecule has 3 rings (SSSR count). The SMILES string of the molecule is O=C(c1ccc2[nH]ccc2c1)N1CCOCC1CO. The molecule has 1 aliphatic rings. The lowest BCUT2D eigenvalue weighted by Crippen LogP contribution is -2.50. The number of hydrogen-bond donors (Lipinski definition) is 2. The van der Waals surface area contributed by atoms with E-state index in [0.717, 1.165) is 10.9 Å². The number of rotatable bonds is 2. The topological polar surface area (TPSA) is 65.6 Å². The Morgan fingerprint density at radius 3 is 3.21 bits per heavy atom. The minimum Gasteiger partial charge on any atom is -0.394 e. The Morgan fingerprint density at radius 2 is 2.37 bits per heavy atom. The number of nitrogens with one attached hydrogen (secondary N) is 1. The summed E-state index contributed by atoms with van der Waals surface area (Å²) in [5.41, 5.74) is 1.66. The highest BCUT2D eigenvalue weighted by atomic mass is 16.5. The monoisotopic (exact) mass is 260 g/mol. The van der Waals surface area contributed by atoms with Gasteiger partial charge in [-0.2, -0.15) is 0 Å². The quantitative estimate of drug-likeness (QED) is 0.846. The molecule has 1 atom stereocenters. The second-order valence-corrected chi connectivity index (χ2v) is 4.69. The van der Waals surface area contributed by atoms with Crippen LogP contribution in [0, 0.1) is 0 Å². The Balaban J connectivity index is 1.89. The second kappa shape index (κ2) is 5.03. The predicted molar refractivity (Wildman–Crippen MR) is 71.0 cm³/mol. The van der Waals surface area contributed by atoms with Crippen LogP contribution < -0.4 is 0 Å². The summed E-state index contributed by atoms with van der Waals surface area (Å²) in [6, 6.07) is 7.28. The number of hydrogen-bond acceptors (Lipinski definition) is 3. The van der Waals surface area contributed by atoms with Crippen LogP contribution >= 0.6 is 0 Å². The largest absolute Gasteiger partial charge is 0.394 e. The average Bonchev–Trinajstić information content (AvgIpc) is 2.93. The highest BCUT2D eigenvalue weighted by Gasteiger charge is 2.27. The number of aliphatic hydroxyl groups excluding tert-OH is 1. The van der Waals surface area contributed by atoms with Gasteiger partial charge < -0.3 is 19.7 Å². The van der Waals surface area contributed by atoms with Gasteiger partial charge in [0.1, 0.15) is 0 Å². The number of H-pyrrole nitrogens is 1. The molecule has 1 saturated heterocycles. The maximum atomic E-state index is 12.5. The third kappa shape index (κ3) is 2.22. The summed E-state index contributed by atoms with van der Waals surface area (Å²) in [6.45, 7) is 1.37. The maximum Gasteiger partial charge on any atom is 0.254 e. The number of nitrogens with zero attached hydrogens (tertiary/aromatic N) is 1. The molecular weight excluding hydrogens is 244 g/mol. The van der Waals surface area contributed by atoms with Gasteiger partial charge in [0.2, 0.25) is 0 Å². The zero-order chi connectivity index (χ0) is 13.2. The van der Waals surface area contributed by atoms with E-state index in [1.165, 1.54) is 0 Å². The number of carbonyl (C=O) groups is 1. The molecule has 2 N–H and O–H groups in total. The molecule has 0 radical (unpaired) electrons. The minimum atomic E-state index is -0.247. The van der Waals surface area contributed by atoms with Crippen LogP contribution in [0.15, 0.2) is 30.5 Å². The Hall–Kier alpha value is -1.85. The van der Waals surface area contributed by atoms with Crippen molar-refractivity contribution in [3.05, 3.63) is 36.0 Å². The van der Waals surface area contributed by atoms with E-state index in [0.29, 0.717) is 25.3 Å². The van der Waals surface area contributed by atoms with E-state index in [1.54, 1.807) is 4.90 Å². The number of benzene rings is 1. The van der Waals surface area contributed by atoms with Crippen LogP contribution in [0.5, 0.6) is 0 Å². The van der Waals surface area contributed by atoms with Crippen molar-refractivity contribution in [3.8, 4) is 0 Å². The normalized spacial score (nSPS) is 19.8. The van der Waals surface area contributed by atoms with E-state index in [9.17, 15) is 9.90 Å². The lowest BCUT2D eigenvalue weighted by Gasteiger charge is -2.34. The minimum absolute atomic E-state index is 0.0505. The summed E-state index contributed by atoms with van der Waals surface area (Å²) < 4.78 is 5.29. The maximum absolute atomic E-state index is 12.5. The van der Waals surface area contributed by atoms with Crippen molar-refractivity contribution in [2.75, 3.05) is 26.4 Å². The molecule has 0 saturated carbocycles. The number of morpholine rings is 1. The highest BCUT2D eigenvalue weighted by Crippen LogP contribution is 2.18. The molecule has 1 fully saturated rings. The predicted octanol–water partition coefficient (Wildman–Crippen LogP) is 1.00. The van der Waals surface area contributed by atoms with Crippen LogP contribution in [0.25, 0.3) is 10.9 Å². The molecule has 2 aromatic rings. The molecule has 1 aromatic carbocycles. The van der Waals surface area contributed by atoms with E-state index < -0.39 is 0 Å². The van der Waals surface area contributed by atoms with Crippen molar-refractivity contribution in [3.63, 3.8) is 0 Å². The molecule has 1 aliphatic heterocycles. The summed E-state index contributed by atoms with van der Waals surface area (Å²) >= 11 is 0. The third-order valence-corrected chi connectivity index (χ3v) is 3.50. The summed E-state index contributed by atoms with van der Waals surface area (Å²) in [6.07, 6.45) is 1.85. The zero-order valence-corrected chi connectivity index (χ0v) is 10.5. The summed E-state index contributed by atoms with van der Waals surface area (Å²) in [4.78, 5) is 17.3. The number of ether oxygens (including phenoxy) is 1. The van der Waals surface area contributed by atoms with Crippen LogP contribution in [-0.2, 0) is 4.74 Å². The van der Waals surface area contributed by atoms with Gasteiger partial charge in [-0.05, 0) is 24.3 Å². The van der Waals surface area contributed by atoms with Crippen LogP contribution in [0.4, 0.5) is 0 Å². The lowest BCUT2D eigenvalue weighted by molar-refractivity contribution is -0.0183. The first-order valence-electron chi connectivity index (χ1n) is 6.36. The zero-order valence-electron chi connectivity index (χ0n) is 10.5. The molecule has 5 nitrogen and oxygen atoms in total. The summed E-state index contributed by atoms with van der Waals surface area (Å²) in [7, 11) is 0. The van der Waals surface area contributed by atoms with Crippen molar-refractivity contribution >= 4 is 16.8 Å². The Labute approximate surface area is 110 Å². The van der Waals surface area contributed by atoms with Crippen molar-refractivity contribution < 1.29 is 14.6 Å². The molecule has 100 valence electrons. The van der Waals surface area contributed by atoms with Gasteiger partial charge in [-0.15, -0.1) is 0 Å². The van der Waals surface area contributed by atoms with Crippen LogP contribution in [0.1, 0.15) is 10.4 Å². The Kier molecular flexibility index (Phi) is 3.23. The fraction of sp³-hybridized carbons (Fsp3) is 0.357. The number of aromatic amines is 1. The standard InChI is InChI=1S/C14H16N2O3/c17-8-12-9-19-6-5-16(12)14(18)11-1-2-13-10(7-11)3-4-15-13/h1-4,7,12,15,17H,5-6,8-9H2. The number of aromatic nitrogens is 1. The van der Waals surface area contributed by atoms with Crippen molar-refractivity contribution in [1.82, 2.24) is 9.88 Å². The molecular formula is C14H16N2O3. The summed E-state index contributed by atoms with van der Waals surface area (Å²) in [5, 5.41) is 10.3. The molecule has 5 heteroatoms. The van der Waals surface area contributed by atoms with Gasteiger partial charge in [-0.25, -0.2) is 0 Å². The molecule has 2 heterocycles. The van der Waals surface area contributed by atoms with E-state index in [1.807, 2.05) is 30.5 Å². The molecule has 1 amide bonds. The number of fused-ring (bicyclic) bond motifs is 1. The highest BCUT2D eigenvalue weighted by molar-refractivity contribution is 5.98. The molecule has 0 bridgehead atoms.